The quantitative estimate of drug-likeness (QED) is 0.914. The highest BCUT2D eigenvalue weighted by molar-refractivity contribution is 7.89. The van der Waals surface area contributed by atoms with Crippen molar-refractivity contribution < 1.29 is 17.6 Å². The van der Waals surface area contributed by atoms with E-state index in [4.69, 9.17) is 5.73 Å². The van der Waals surface area contributed by atoms with Gasteiger partial charge in [-0.1, -0.05) is 0 Å². The number of carbonyl (C=O) groups excluding carboxylic acids is 1. The predicted molar refractivity (Wildman–Crippen MR) is 76.6 cm³/mol. The molecule has 0 aliphatic carbocycles. The Morgan fingerprint density at radius 1 is 1.33 bits per heavy atom. The number of sulfonamides is 1. The average Bonchev–Trinajstić information content (AvgIpc) is 2.37. The Labute approximate surface area is 124 Å². The summed E-state index contributed by atoms with van der Waals surface area (Å²) in [7, 11) is -3.75. The van der Waals surface area contributed by atoms with Crippen molar-refractivity contribution in [1.82, 2.24) is 4.31 Å². The first-order chi connectivity index (χ1) is 9.73. The van der Waals surface area contributed by atoms with E-state index in [1.165, 1.54) is 16.4 Å². The number of hydrogen-bond donors (Lipinski definition) is 1. The number of piperidine rings is 1. The summed E-state index contributed by atoms with van der Waals surface area (Å²) in [6.45, 7) is 3.58. The number of primary amides is 1. The summed E-state index contributed by atoms with van der Waals surface area (Å²) in [5.74, 6) is -1.41. The van der Waals surface area contributed by atoms with Gasteiger partial charge in [-0.2, -0.15) is 4.31 Å². The van der Waals surface area contributed by atoms with E-state index in [0.29, 0.717) is 30.5 Å². The molecule has 1 aromatic rings. The number of hydrogen-bond acceptors (Lipinski definition) is 3. The molecule has 0 radical (unpaired) electrons. The van der Waals surface area contributed by atoms with Crippen LogP contribution in [0, 0.1) is 25.6 Å². The van der Waals surface area contributed by atoms with Crippen LogP contribution in [0.2, 0.25) is 0 Å². The van der Waals surface area contributed by atoms with Crippen molar-refractivity contribution in [3.8, 4) is 0 Å². The standard InChI is InChI=1S/C14H19FN2O3S/c1-9-6-12(15)7-10(2)13(9)21(19,20)17-5-3-4-11(8-17)14(16)18/h6-7,11H,3-5,8H2,1-2H3,(H2,16,18). The van der Waals surface area contributed by atoms with Gasteiger partial charge in [0.1, 0.15) is 5.82 Å². The second-order valence-corrected chi connectivity index (χ2v) is 7.35. The summed E-state index contributed by atoms with van der Waals surface area (Å²) in [6.07, 6.45) is 1.19. The van der Waals surface area contributed by atoms with E-state index in [2.05, 4.69) is 0 Å². The number of rotatable bonds is 3. The van der Waals surface area contributed by atoms with Crippen LogP contribution < -0.4 is 5.73 Å². The molecule has 1 atom stereocenters. The van der Waals surface area contributed by atoms with Crippen LogP contribution >= 0.6 is 0 Å². The van der Waals surface area contributed by atoms with Gasteiger partial charge in [0, 0.05) is 13.1 Å². The highest BCUT2D eigenvalue weighted by atomic mass is 32.2. The molecule has 2 rings (SSSR count). The summed E-state index contributed by atoms with van der Waals surface area (Å²) in [5.41, 5.74) is 6.02. The largest absolute Gasteiger partial charge is 0.369 e. The van der Waals surface area contributed by atoms with Crippen LogP contribution in [-0.4, -0.2) is 31.7 Å². The van der Waals surface area contributed by atoms with E-state index in [1.54, 1.807) is 13.8 Å². The van der Waals surface area contributed by atoms with Crippen LogP contribution in [0.1, 0.15) is 24.0 Å². The van der Waals surface area contributed by atoms with Gasteiger partial charge in [0.15, 0.2) is 0 Å². The molecular weight excluding hydrogens is 295 g/mol. The minimum absolute atomic E-state index is 0.0912. The molecule has 116 valence electrons. The molecule has 0 saturated carbocycles. The first-order valence-corrected chi connectivity index (χ1v) is 8.23. The van der Waals surface area contributed by atoms with Crippen molar-refractivity contribution in [3.63, 3.8) is 0 Å². The fourth-order valence-electron chi connectivity index (χ4n) is 2.83. The number of halogens is 1. The normalized spacial score (nSPS) is 20.4. The van der Waals surface area contributed by atoms with Gasteiger partial charge in [0.2, 0.25) is 15.9 Å². The third kappa shape index (κ3) is 3.08. The molecule has 21 heavy (non-hydrogen) atoms. The lowest BCUT2D eigenvalue weighted by molar-refractivity contribution is -0.122. The molecule has 1 aromatic carbocycles. The Morgan fingerprint density at radius 2 is 1.90 bits per heavy atom. The molecule has 1 unspecified atom stereocenters. The first kappa shape index (κ1) is 15.9. The van der Waals surface area contributed by atoms with Gasteiger partial charge < -0.3 is 5.73 Å². The number of aryl methyl sites for hydroxylation is 2. The van der Waals surface area contributed by atoms with Crippen molar-refractivity contribution in [2.24, 2.45) is 11.7 Å². The zero-order valence-electron chi connectivity index (χ0n) is 12.1. The zero-order valence-corrected chi connectivity index (χ0v) is 12.9. The van der Waals surface area contributed by atoms with Crippen LogP contribution in [-0.2, 0) is 14.8 Å². The Hall–Kier alpha value is -1.47. The van der Waals surface area contributed by atoms with Crippen LogP contribution in [0.25, 0.3) is 0 Å². The predicted octanol–water partition coefficient (Wildman–Crippen LogP) is 1.33. The highest BCUT2D eigenvalue weighted by Gasteiger charge is 2.34. The van der Waals surface area contributed by atoms with Gasteiger partial charge in [0.05, 0.1) is 10.8 Å². The average molecular weight is 314 g/mol. The van der Waals surface area contributed by atoms with Gasteiger partial charge in [-0.05, 0) is 49.9 Å². The summed E-state index contributed by atoms with van der Waals surface area (Å²) in [6, 6.07) is 2.41. The molecule has 7 heteroatoms. The fourth-order valence-corrected chi connectivity index (χ4v) is 4.76. The van der Waals surface area contributed by atoms with Crippen molar-refractivity contribution in [2.45, 2.75) is 31.6 Å². The summed E-state index contributed by atoms with van der Waals surface area (Å²) >= 11 is 0. The van der Waals surface area contributed by atoms with Crippen LogP contribution in [0.5, 0.6) is 0 Å². The molecule has 1 aliphatic rings. The van der Waals surface area contributed by atoms with Crippen molar-refractivity contribution in [3.05, 3.63) is 29.1 Å². The zero-order chi connectivity index (χ0) is 15.8. The molecular formula is C14H19FN2O3S. The molecule has 1 amide bonds. The molecule has 1 heterocycles. The van der Waals surface area contributed by atoms with Crippen molar-refractivity contribution in [1.29, 1.82) is 0 Å². The highest BCUT2D eigenvalue weighted by Crippen LogP contribution is 2.28. The Bertz CT molecular complexity index is 650. The monoisotopic (exact) mass is 314 g/mol. The molecule has 1 fully saturated rings. The molecule has 0 bridgehead atoms. The maximum atomic E-state index is 13.3. The number of benzene rings is 1. The fraction of sp³-hybridized carbons (Fsp3) is 0.500. The van der Waals surface area contributed by atoms with E-state index in [-0.39, 0.29) is 11.4 Å². The van der Waals surface area contributed by atoms with E-state index in [9.17, 15) is 17.6 Å². The third-order valence-electron chi connectivity index (χ3n) is 3.81. The lowest BCUT2D eigenvalue weighted by atomic mass is 9.99. The smallest absolute Gasteiger partial charge is 0.243 e. The Kier molecular flexibility index (Phi) is 4.34. The Morgan fingerprint density at radius 3 is 2.43 bits per heavy atom. The molecule has 5 nitrogen and oxygen atoms in total. The summed E-state index contributed by atoms with van der Waals surface area (Å²) < 4.78 is 40.1. The SMILES string of the molecule is Cc1cc(F)cc(C)c1S(=O)(=O)N1CCCC(C(N)=O)C1. The topological polar surface area (TPSA) is 80.5 Å². The first-order valence-electron chi connectivity index (χ1n) is 6.79. The van der Waals surface area contributed by atoms with E-state index < -0.39 is 27.7 Å². The van der Waals surface area contributed by atoms with Gasteiger partial charge in [-0.3, -0.25) is 4.79 Å². The lowest BCUT2D eigenvalue weighted by Gasteiger charge is -2.31. The molecule has 1 saturated heterocycles. The maximum Gasteiger partial charge on any atom is 0.243 e. The van der Waals surface area contributed by atoms with Gasteiger partial charge in [-0.25, -0.2) is 12.8 Å². The maximum absolute atomic E-state index is 13.3. The van der Waals surface area contributed by atoms with Gasteiger partial charge in [0.25, 0.3) is 0 Å². The van der Waals surface area contributed by atoms with Crippen molar-refractivity contribution >= 4 is 15.9 Å². The second kappa shape index (κ2) is 5.73. The van der Waals surface area contributed by atoms with Crippen molar-refractivity contribution in [2.75, 3.05) is 13.1 Å². The number of amides is 1. The lowest BCUT2D eigenvalue weighted by Crippen LogP contribution is -2.44. The minimum Gasteiger partial charge on any atom is -0.369 e. The van der Waals surface area contributed by atoms with Crippen LogP contribution in [0.15, 0.2) is 17.0 Å². The van der Waals surface area contributed by atoms with E-state index in [1.807, 2.05) is 0 Å². The summed E-state index contributed by atoms with van der Waals surface area (Å²) in [4.78, 5) is 11.4. The molecule has 2 N–H and O–H groups in total. The number of nitrogens with zero attached hydrogens (tertiary/aromatic N) is 1. The van der Waals surface area contributed by atoms with E-state index in [0.717, 1.165) is 0 Å². The third-order valence-corrected chi connectivity index (χ3v) is 5.98. The van der Waals surface area contributed by atoms with Crippen LogP contribution in [0.3, 0.4) is 0 Å². The molecule has 0 aromatic heterocycles. The number of carbonyl (C=O) groups is 1. The summed E-state index contributed by atoms with van der Waals surface area (Å²) in [5, 5.41) is 0. The van der Waals surface area contributed by atoms with Gasteiger partial charge >= 0.3 is 0 Å². The number of nitrogens with two attached hydrogens (primary N) is 1. The van der Waals surface area contributed by atoms with Crippen LogP contribution in [0.4, 0.5) is 4.39 Å². The molecule has 1 aliphatic heterocycles. The second-order valence-electron chi connectivity index (χ2n) is 5.47. The van der Waals surface area contributed by atoms with E-state index >= 15 is 0 Å². The van der Waals surface area contributed by atoms with Gasteiger partial charge in [-0.15, -0.1) is 0 Å². The minimum atomic E-state index is -3.75. The molecule has 0 spiro atoms. The Balaban J connectivity index is 2.41.